The predicted molar refractivity (Wildman–Crippen MR) is 83.0 cm³/mol. The molecule has 0 N–H and O–H groups in total. The maximum absolute atomic E-state index is 13.1. The van der Waals surface area contributed by atoms with Gasteiger partial charge in [-0.3, -0.25) is 4.90 Å². The van der Waals surface area contributed by atoms with Crippen molar-refractivity contribution < 1.29 is 13.9 Å². The SMILES string of the molecule is CC(C)N(C(=O)OC(C)(C)C)c1ccc(F)cc1I. The molecule has 0 fully saturated rings. The Morgan fingerprint density at radius 2 is 1.95 bits per heavy atom. The normalized spacial score (nSPS) is 11.6. The van der Waals surface area contributed by atoms with Gasteiger partial charge in [0.05, 0.1) is 5.69 Å². The zero-order valence-corrected chi connectivity index (χ0v) is 14.0. The summed E-state index contributed by atoms with van der Waals surface area (Å²) in [4.78, 5) is 13.8. The minimum atomic E-state index is -0.560. The van der Waals surface area contributed by atoms with Crippen molar-refractivity contribution in [3.05, 3.63) is 27.6 Å². The molecule has 0 radical (unpaired) electrons. The Kier molecular flexibility index (Phi) is 5.18. The van der Waals surface area contributed by atoms with E-state index in [0.717, 1.165) is 0 Å². The Hall–Kier alpha value is -0.850. The van der Waals surface area contributed by atoms with Crippen molar-refractivity contribution in [2.45, 2.75) is 46.3 Å². The topological polar surface area (TPSA) is 29.5 Å². The molecule has 1 amide bonds. The molecule has 0 heterocycles. The van der Waals surface area contributed by atoms with Gasteiger partial charge in [-0.05, 0) is 75.4 Å². The van der Waals surface area contributed by atoms with Gasteiger partial charge >= 0.3 is 6.09 Å². The Morgan fingerprint density at radius 3 is 2.37 bits per heavy atom. The van der Waals surface area contributed by atoms with Crippen molar-refractivity contribution in [1.29, 1.82) is 0 Å². The molecule has 0 aliphatic heterocycles. The average molecular weight is 379 g/mol. The zero-order chi connectivity index (χ0) is 14.8. The fourth-order valence-corrected chi connectivity index (χ4v) is 2.31. The average Bonchev–Trinajstić information content (AvgIpc) is 2.18. The number of hydrogen-bond donors (Lipinski definition) is 0. The van der Waals surface area contributed by atoms with E-state index in [1.165, 1.54) is 17.0 Å². The molecule has 106 valence electrons. The quantitative estimate of drug-likeness (QED) is 0.704. The number of carbonyl (C=O) groups is 1. The predicted octanol–water partition coefficient (Wildman–Crippen LogP) is 4.58. The first-order chi connectivity index (χ1) is 8.61. The van der Waals surface area contributed by atoms with E-state index in [-0.39, 0.29) is 11.9 Å². The molecule has 0 bridgehead atoms. The summed E-state index contributed by atoms with van der Waals surface area (Å²) in [5, 5.41) is 0. The van der Waals surface area contributed by atoms with E-state index in [2.05, 4.69) is 0 Å². The number of anilines is 1. The van der Waals surface area contributed by atoms with Crippen LogP contribution in [0.4, 0.5) is 14.9 Å². The van der Waals surface area contributed by atoms with Crippen LogP contribution >= 0.6 is 22.6 Å². The fourth-order valence-electron chi connectivity index (χ4n) is 1.58. The third-order valence-electron chi connectivity index (χ3n) is 2.28. The van der Waals surface area contributed by atoms with Crippen molar-refractivity contribution >= 4 is 34.4 Å². The highest BCUT2D eigenvalue weighted by molar-refractivity contribution is 14.1. The second kappa shape index (κ2) is 6.07. The molecule has 19 heavy (non-hydrogen) atoms. The second-order valence-corrected chi connectivity index (χ2v) is 6.70. The maximum atomic E-state index is 13.1. The molecule has 0 saturated heterocycles. The highest BCUT2D eigenvalue weighted by atomic mass is 127. The number of carbonyl (C=O) groups excluding carboxylic acids is 1. The van der Waals surface area contributed by atoms with Crippen LogP contribution in [-0.4, -0.2) is 17.7 Å². The highest BCUT2D eigenvalue weighted by Gasteiger charge is 2.26. The molecule has 5 heteroatoms. The lowest BCUT2D eigenvalue weighted by atomic mass is 10.2. The molecule has 1 rings (SSSR count). The van der Waals surface area contributed by atoms with Gasteiger partial charge in [-0.1, -0.05) is 0 Å². The zero-order valence-electron chi connectivity index (χ0n) is 11.8. The van der Waals surface area contributed by atoms with Gasteiger partial charge < -0.3 is 4.74 Å². The third kappa shape index (κ3) is 4.63. The van der Waals surface area contributed by atoms with Crippen LogP contribution in [-0.2, 0) is 4.74 Å². The maximum Gasteiger partial charge on any atom is 0.415 e. The van der Waals surface area contributed by atoms with Gasteiger partial charge in [-0.2, -0.15) is 0 Å². The monoisotopic (exact) mass is 379 g/mol. The van der Waals surface area contributed by atoms with E-state index in [4.69, 9.17) is 4.74 Å². The first-order valence-corrected chi connectivity index (χ1v) is 7.17. The molecule has 1 aromatic carbocycles. The smallest absolute Gasteiger partial charge is 0.415 e. The summed E-state index contributed by atoms with van der Waals surface area (Å²) >= 11 is 2.02. The molecule has 0 unspecified atom stereocenters. The van der Waals surface area contributed by atoms with Gasteiger partial charge in [0.25, 0.3) is 0 Å². The van der Waals surface area contributed by atoms with Crippen molar-refractivity contribution in [2.75, 3.05) is 4.90 Å². The van der Waals surface area contributed by atoms with Gasteiger partial charge in [-0.25, -0.2) is 9.18 Å². The molecule has 0 spiro atoms. The van der Waals surface area contributed by atoms with Crippen LogP contribution in [0.3, 0.4) is 0 Å². The summed E-state index contributed by atoms with van der Waals surface area (Å²) in [7, 11) is 0. The molecule has 0 saturated carbocycles. The number of halogens is 2. The van der Waals surface area contributed by atoms with Crippen LogP contribution in [0.2, 0.25) is 0 Å². The Labute approximate surface area is 127 Å². The largest absolute Gasteiger partial charge is 0.443 e. The summed E-state index contributed by atoms with van der Waals surface area (Å²) < 4.78 is 19.2. The lowest BCUT2D eigenvalue weighted by Crippen LogP contribution is -2.41. The van der Waals surface area contributed by atoms with Crippen molar-refractivity contribution in [2.24, 2.45) is 0 Å². The summed E-state index contributed by atoms with van der Waals surface area (Å²) in [6.07, 6.45) is -0.424. The van der Waals surface area contributed by atoms with Crippen LogP contribution in [0, 0.1) is 9.39 Å². The van der Waals surface area contributed by atoms with Crippen LogP contribution in [0.5, 0.6) is 0 Å². The van der Waals surface area contributed by atoms with Crippen LogP contribution in [0.1, 0.15) is 34.6 Å². The van der Waals surface area contributed by atoms with Crippen LogP contribution in [0.15, 0.2) is 18.2 Å². The van der Waals surface area contributed by atoms with E-state index in [9.17, 15) is 9.18 Å². The number of hydrogen-bond acceptors (Lipinski definition) is 2. The Morgan fingerprint density at radius 1 is 1.37 bits per heavy atom. The van der Waals surface area contributed by atoms with Gasteiger partial charge in [0.1, 0.15) is 11.4 Å². The first-order valence-electron chi connectivity index (χ1n) is 6.09. The molecule has 0 aliphatic carbocycles. The Bertz CT molecular complexity index is 469. The number of amides is 1. The molecular weight excluding hydrogens is 360 g/mol. The molecular formula is C14H19FINO2. The van der Waals surface area contributed by atoms with E-state index in [0.29, 0.717) is 9.26 Å². The minimum Gasteiger partial charge on any atom is -0.443 e. The van der Waals surface area contributed by atoms with Gasteiger partial charge in [0.2, 0.25) is 0 Å². The van der Waals surface area contributed by atoms with Crippen molar-refractivity contribution in [3.8, 4) is 0 Å². The van der Waals surface area contributed by atoms with E-state index in [1.54, 1.807) is 6.07 Å². The minimum absolute atomic E-state index is 0.0752. The molecule has 1 aromatic rings. The van der Waals surface area contributed by atoms with Crippen LogP contribution in [0.25, 0.3) is 0 Å². The molecule has 0 aliphatic rings. The van der Waals surface area contributed by atoms with Crippen molar-refractivity contribution in [3.63, 3.8) is 0 Å². The fraction of sp³-hybridized carbons (Fsp3) is 0.500. The highest BCUT2D eigenvalue weighted by Crippen LogP contribution is 2.27. The van der Waals surface area contributed by atoms with E-state index >= 15 is 0 Å². The summed E-state index contributed by atoms with van der Waals surface area (Å²) in [6, 6.07) is 4.27. The van der Waals surface area contributed by atoms with Crippen molar-refractivity contribution in [1.82, 2.24) is 0 Å². The summed E-state index contributed by atoms with van der Waals surface area (Å²) in [5.74, 6) is -0.318. The van der Waals surface area contributed by atoms with Gasteiger partial charge in [0, 0.05) is 9.61 Å². The Balaban J connectivity index is 3.11. The second-order valence-electron chi connectivity index (χ2n) is 5.54. The standard InChI is InChI=1S/C14H19FINO2/c1-9(2)17(13(18)19-14(3,4)5)12-7-6-10(15)8-11(12)16/h6-9H,1-5H3. The number of ether oxygens (including phenoxy) is 1. The molecule has 0 atom stereocenters. The molecule has 3 nitrogen and oxygen atoms in total. The third-order valence-corrected chi connectivity index (χ3v) is 3.14. The lowest BCUT2D eigenvalue weighted by Gasteiger charge is -2.30. The lowest BCUT2D eigenvalue weighted by molar-refractivity contribution is 0.0570. The number of rotatable bonds is 2. The summed E-state index contributed by atoms with van der Waals surface area (Å²) in [6.45, 7) is 9.24. The van der Waals surface area contributed by atoms with Gasteiger partial charge in [-0.15, -0.1) is 0 Å². The molecule has 0 aromatic heterocycles. The summed E-state index contributed by atoms with van der Waals surface area (Å²) in [5.41, 5.74) is 0.0987. The number of benzene rings is 1. The first kappa shape index (κ1) is 16.2. The van der Waals surface area contributed by atoms with E-state index < -0.39 is 11.7 Å². The van der Waals surface area contributed by atoms with E-state index in [1.807, 2.05) is 57.2 Å². The van der Waals surface area contributed by atoms with Crippen LogP contribution < -0.4 is 4.90 Å². The van der Waals surface area contributed by atoms with Gasteiger partial charge in [0.15, 0.2) is 0 Å². The number of nitrogens with zero attached hydrogens (tertiary/aromatic N) is 1.